The third-order valence-corrected chi connectivity index (χ3v) is 13.1. The summed E-state index contributed by atoms with van der Waals surface area (Å²) < 4.78 is 8.83. The van der Waals surface area contributed by atoms with Crippen LogP contribution in [0.4, 0.5) is 17.1 Å². The van der Waals surface area contributed by atoms with Gasteiger partial charge >= 0.3 is 0 Å². The summed E-state index contributed by atoms with van der Waals surface area (Å²) in [5.41, 5.74) is 15.5. The number of nitrogens with zero attached hydrogens (tertiary/aromatic N) is 2. The van der Waals surface area contributed by atoms with Crippen LogP contribution < -0.4 is 4.90 Å². The molecule has 11 aromatic carbocycles. The van der Waals surface area contributed by atoms with Crippen molar-refractivity contribution in [3.63, 3.8) is 0 Å². The number of benzene rings is 11. The molecule has 2 heterocycles. The first-order valence-electron chi connectivity index (χ1n) is 22.2. The molecule has 3 heteroatoms. The van der Waals surface area contributed by atoms with Crippen LogP contribution in [0.25, 0.3) is 104 Å². The van der Waals surface area contributed by atoms with Gasteiger partial charge in [0.2, 0.25) is 0 Å². The number of anilines is 3. The van der Waals surface area contributed by atoms with Gasteiger partial charge < -0.3 is 13.9 Å². The van der Waals surface area contributed by atoms with Crippen LogP contribution in [0.3, 0.4) is 0 Å². The van der Waals surface area contributed by atoms with E-state index in [9.17, 15) is 0 Å². The molecule has 0 aliphatic rings. The number of aromatic nitrogens is 1. The number of fused-ring (bicyclic) bond motifs is 8. The van der Waals surface area contributed by atoms with Gasteiger partial charge in [-0.2, -0.15) is 0 Å². The van der Waals surface area contributed by atoms with E-state index in [2.05, 4.69) is 240 Å². The second kappa shape index (κ2) is 15.0. The highest BCUT2D eigenvalue weighted by atomic mass is 16.3. The average Bonchev–Trinajstić information content (AvgIpc) is 3.92. The molecule has 0 unspecified atom stereocenters. The summed E-state index contributed by atoms with van der Waals surface area (Å²) in [5, 5.41) is 9.50. The lowest BCUT2D eigenvalue weighted by atomic mass is 9.90. The molecule has 0 atom stereocenters. The van der Waals surface area contributed by atoms with E-state index in [1.165, 1.54) is 48.9 Å². The van der Waals surface area contributed by atoms with Gasteiger partial charge in [0.1, 0.15) is 11.2 Å². The molecule has 0 amide bonds. The van der Waals surface area contributed by atoms with Crippen molar-refractivity contribution in [3.8, 4) is 39.1 Å². The summed E-state index contributed by atoms with van der Waals surface area (Å²) >= 11 is 0. The predicted molar refractivity (Wildman–Crippen MR) is 274 cm³/mol. The van der Waals surface area contributed by atoms with Gasteiger partial charge in [0.25, 0.3) is 0 Å². The molecule has 0 N–H and O–H groups in total. The van der Waals surface area contributed by atoms with Crippen LogP contribution in [-0.2, 0) is 0 Å². The molecule has 2 aromatic heterocycles. The maximum atomic E-state index is 6.46. The minimum atomic E-state index is 0.885. The third kappa shape index (κ3) is 6.20. The lowest BCUT2D eigenvalue weighted by Gasteiger charge is -2.28. The number of hydrogen-bond donors (Lipinski definition) is 0. The molecular formula is C62H40N2O. The second-order valence-corrected chi connectivity index (χ2v) is 16.9. The number of furan rings is 1. The minimum absolute atomic E-state index is 0.885. The van der Waals surface area contributed by atoms with Crippen molar-refractivity contribution in [2.45, 2.75) is 0 Å². The Balaban J connectivity index is 1.02. The van der Waals surface area contributed by atoms with Crippen LogP contribution in [0.5, 0.6) is 0 Å². The number of hydrogen-bond acceptors (Lipinski definition) is 2. The fourth-order valence-corrected chi connectivity index (χ4v) is 10.1. The maximum absolute atomic E-state index is 6.46. The van der Waals surface area contributed by atoms with E-state index in [4.69, 9.17) is 4.42 Å². The molecule has 0 aliphatic carbocycles. The predicted octanol–water partition coefficient (Wildman–Crippen LogP) is 17.5. The minimum Gasteiger partial charge on any atom is -0.456 e. The van der Waals surface area contributed by atoms with E-state index in [0.29, 0.717) is 0 Å². The van der Waals surface area contributed by atoms with Gasteiger partial charge in [-0.15, -0.1) is 0 Å². The molecule has 304 valence electrons. The smallest absolute Gasteiger partial charge is 0.136 e. The quantitative estimate of drug-likeness (QED) is 0.160. The van der Waals surface area contributed by atoms with E-state index in [0.717, 1.165) is 72.5 Å². The lowest BCUT2D eigenvalue weighted by Crippen LogP contribution is -2.10. The highest BCUT2D eigenvalue weighted by molar-refractivity contribution is 6.12. The van der Waals surface area contributed by atoms with Crippen LogP contribution in [-0.4, -0.2) is 4.57 Å². The van der Waals surface area contributed by atoms with Crippen molar-refractivity contribution in [2.24, 2.45) is 0 Å². The zero-order chi connectivity index (χ0) is 42.8. The van der Waals surface area contributed by atoms with Crippen LogP contribution in [0.1, 0.15) is 0 Å². The van der Waals surface area contributed by atoms with E-state index in [-0.39, 0.29) is 0 Å². The zero-order valence-corrected chi connectivity index (χ0v) is 35.4. The first-order chi connectivity index (χ1) is 32.2. The van der Waals surface area contributed by atoms with Crippen molar-refractivity contribution in [3.05, 3.63) is 243 Å². The molecule has 0 fully saturated rings. The molecule has 13 rings (SSSR count). The fraction of sp³-hybridized carbons (Fsp3) is 0. The molecule has 3 nitrogen and oxygen atoms in total. The van der Waals surface area contributed by atoms with Gasteiger partial charge in [-0.25, -0.2) is 0 Å². The Morgan fingerprint density at radius 1 is 0.308 bits per heavy atom. The lowest BCUT2D eigenvalue weighted by molar-refractivity contribution is 0.669. The fourth-order valence-electron chi connectivity index (χ4n) is 10.1. The summed E-state index contributed by atoms with van der Waals surface area (Å²) in [6.07, 6.45) is 0. The van der Waals surface area contributed by atoms with Gasteiger partial charge in [0, 0.05) is 44.0 Å². The molecule has 65 heavy (non-hydrogen) atoms. The Labute approximate surface area is 376 Å². The molecule has 13 aromatic rings. The van der Waals surface area contributed by atoms with Crippen molar-refractivity contribution in [1.82, 2.24) is 4.57 Å². The first-order valence-corrected chi connectivity index (χ1v) is 22.2. The van der Waals surface area contributed by atoms with Gasteiger partial charge in [-0.1, -0.05) is 146 Å². The molecule has 0 radical (unpaired) electrons. The molecule has 0 spiro atoms. The average molecular weight is 829 g/mol. The highest BCUT2D eigenvalue weighted by Gasteiger charge is 2.20. The molecule has 0 aliphatic heterocycles. The van der Waals surface area contributed by atoms with Crippen LogP contribution >= 0.6 is 0 Å². The zero-order valence-electron chi connectivity index (χ0n) is 35.4. The standard InChI is InChI=1S/C62H40N2O/c1-3-17-48(18-4-1)63(50-30-27-41-15-7-8-16-42(41)38-50)59-34-32-51(52-21-9-10-22-53(52)59)47-36-45(35-46(37-47)44-28-31-56-55-24-12-14-26-61(55)65-62(56)40-44)43-29-33-60-57(39-43)54-23-11-13-25-58(54)64(60)49-19-5-2-6-20-49/h1-40H. The molecule has 0 saturated carbocycles. The summed E-state index contributed by atoms with van der Waals surface area (Å²) in [6.45, 7) is 0. The first kappa shape index (κ1) is 36.9. The normalized spacial score (nSPS) is 11.7. The summed E-state index contributed by atoms with van der Waals surface area (Å²) in [7, 11) is 0. The summed E-state index contributed by atoms with van der Waals surface area (Å²) in [4.78, 5) is 2.39. The molecule has 0 saturated heterocycles. The Bertz CT molecular complexity index is 3950. The van der Waals surface area contributed by atoms with E-state index in [1.54, 1.807) is 0 Å². The third-order valence-electron chi connectivity index (χ3n) is 13.1. The Kier molecular flexibility index (Phi) is 8.53. The van der Waals surface area contributed by atoms with Gasteiger partial charge in [-0.3, -0.25) is 0 Å². The summed E-state index contributed by atoms with van der Waals surface area (Å²) in [5.74, 6) is 0. The van der Waals surface area contributed by atoms with E-state index < -0.39 is 0 Å². The van der Waals surface area contributed by atoms with Crippen molar-refractivity contribution in [2.75, 3.05) is 4.90 Å². The number of para-hydroxylation sites is 4. The van der Waals surface area contributed by atoms with Gasteiger partial charge in [-0.05, 0) is 147 Å². The number of rotatable bonds is 7. The Morgan fingerprint density at radius 3 is 1.75 bits per heavy atom. The van der Waals surface area contributed by atoms with Crippen LogP contribution in [0.15, 0.2) is 247 Å². The van der Waals surface area contributed by atoms with E-state index >= 15 is 0 Å². The second-order valence-electron chi connectivity index (χ2n) is 16.9. The topological polar surface area (TPSA) is 21.3 Å². The van der Waals surface area contributed by atoms with Crippen LogP contribution in [0, 0.1) is 0 Å². The van der Waals surface area contributed by atoms with Crippen molar-refractivity contribution >= 4 is 82.4 Å². The largest absolute Gasteiger partial charge is 0.456 e. The van der Waals surface area contributed by atoms with Crippen molar-refractivity contribution < 1.29 is 4.42 Å². The SMILES string of the molecule is c1ccc(N(c2ccc3ccccc3c2)c2ccc(-c3cc(-c4ccc5c(c4)oc4ccccc45)cc(-c4ccc5c(c4)c4ccccc4n5-c4ccccc4)c3)c3ccccc23)cc1. The van der Waals surface area contributed by atoms with Gasteiger partial charge in [0.15, 0.2) is 0 Å². The monoisotopic (exact) mass is 828 g/mol. The Hall–Kier alpha value is -8.66. The molecular weight excluding hydrogens is 789 g/mol. The maximum Gasteiger partial charge on any atom is 0.136 e. The Morgan fingerprint density at radius 2 is 0.923 bits per heavy atom. The van der Waals surface area contributed by atoms with Crippen molar-refractivity contribution in [1.29, 1.82) is 0 Å². The van der Waals surface area contributed by atoms with Gasteiger partial charge in [0.05, 0.1) is 16.7 Å². The summed E-state index contributed by atoms with van der Waals surface area (Å²) in [6, 6.07) is 87.9. The highest BCUT2D eigenvalue weighted by Crippen LogP contribution is 2.45. The van der Waals surface area contributed by atoms with E-state index in [1.807, 2.05) is 12.1 Å². The molecule has 0 bridgehead atoms. The van der Waals surface area contributed by atoms with Crippen LogP contribution in [0.2, 0.25) is 0 Å².